The van der Waals surface area contributed by atoms with Crippen molar-refractivity contribution in [3.8, 4) is 0 Å². The summed E-state index contributed by atoms with van der Waals surface area (Å²) in [5.41, 5.74) is 1.27. The number of nitrogens with one attached hydrogen (secondary N) is 1. The Hall–Kier alpha value is -0.830. The van der Waals surface area contributed by atoms with Crippen molar-refractivity contribution >= 4 is 0 Å². The standard InChI is InChI=1S/C13H23N3/c1-11-5-3-4-6-12(11)9-14-10-13-7-8-15-16(13)2/h7-8,11-12,14H,3-6,9-10H2,1-2H3. The number of rotatable bonds is 4. The van der Waals surface area contributed by atoms with Gasteiger partial charge in [-0.15, -0.1) is 0 Å². The fourth-order valence-corrected chi connectivity index (χ4v) is 2.66. The van der Waals surface area contributed by atoms with E-state index in [1.807, 2.05) is 17.9 Å². The zero-order valence-electron chi connectivity index (χ0n) is 10.4. The molecule has 0 radical (unpaired) electrons. The van der Waals surface area contributed by atoms with Crippen LogP contribution in [0.5, 0.6) is 0 Å². The Balaban J connectivity index is 1.73. The van der Waals surface area contributed by atoms with Crippen LogP contribution in [0.4, 0.5) is 0 Å². The van der Waals surface area contributed by atoms with Crippen LogP contribution in [0.3, 0.4) is 0 Å². The molecular formula is C13H23N3. The quantitative estimate of drug-likeness (QED) is 0.845. The normalized spacial score (nSPS) is 25.9. The molecule has 16 heavy (non-hydrogen) atoms. The molecular weight excluding hydrogens is 198 g/mol. The second kappa shape index (κ2) is 5.48. The lowest BCUT2D eigenvalue weighted by Gasteiger charge is -2.28. The van der Waals surface area contributed by atoms with Crippen molar-refractivity contribution < 1.29 is 0 Å². The third-order valence-electron chi connectivity index (χ3n) is 3.92. The summed E-state index contributed by atoms with van der Waals surface area (Å²) in [5.74, 6) is 1.77. The number of hydrogen-bond donors (Lipinski definition) is 1. The molecule has 1 aliphatic carbocycles. The van der Waals surface area contributed by atoms with Gasteiger partial charge in [-0.05, 0) is 30.9 Å². The maximum absolute atomic E-state index is 4.17. The Morgan fingerprint density at radius 2 is 2.25 bits per heavy atom. The summed E-state index contributed by atoms with van der Waals surface area (Å²) in [5, 5.41) is 7.74. The molecule has 2 atom stereocenters. The highest BCUT2D eigenvalue weighted by Gasteiger charge is 2.20. The Bertz CT molecular complexity index is 319. The van der Waals surface area contributed by atoms with Crippen LogP contribution in [-0.2, 0) is 13.6 Å². The number of aromatic nitrogens is 2. The van der Waals surface area contributed by atoms with Crippen molar-refractivity contribution in [3.63, 3.8) is 0 Å². The van der Waals surface area contributed by atoms with Crippen molar-refractivity contribution in [2.24, 2.45) is 18.9 Å². The Labute approximate surface area is 98.2 Å². The van der Waals surface area contributed by atoms with E-state index >= 15 is 0 Å². The van der Waals surface area contributed by atoms with E-state index in [1.165, 1.54) is 31.4 Å². The van der Waals surface area contributed by atoms with Crippen LogP contribution in [0.1, 0.15) is 38.3 Å². The van der Waals surface area contributed by atoms with Gasteiger partial charge in [-0.1, -0.05) is 26.2 Å². The van der Waals surface area contributed by atoms with Gasteiger partial charge in [0.2, 0.25) is 0 Å². The summed E-state index contributed by atoms with van der Waals surface area (Å²) < 4.78 is 1.94. The SMILES string of the molecule is CC1CCCCC1CNCc1ccnn1C. The van der Waals surface area contributed by atoms with Gasteiger partial charge >= 0.3 is 0 Å². The maximum Gasteiger partial charge on any atom is 0.0518 e. The van der Waals surface area contributed by atoms with Gasteiger partial charge in [-0.2, -0.15) is 5.10 Å². The molecule has 0 amide bonds. The molecule has 0 aliphatic heterocycles. The van der Waals surface area contributed by atoms with Gasteiger partial charge in [0, 0.05) is 19.8 Å². The first-order valence-corrected chi connectivity index (χ1v) is 6.45. The molecule has 1 aromatic rings. The minimum Gasteiger partial charge on any atom is -0.311 e. The van der Waals surface area contributed by atoms with Gasteiger partial charge in [0.25, 0.3) is 0 Å². The highest BCUT2D eigenvalue weighted by Crippen LogP contribution is 2.28. The van der Waals surface area contributed by atoms with Crippen LogP contribution in [0, 0.1) is 11.8 Å². The van der Waals surface area contributed by atoms with Crippen molar-refractivity contribution in [1.82, 2.24) is 15.1 Å². The minimum absolute atomic E-state index is 0.877. The van der Waals surface area contributed by atoms with Crippen molar-refractivity contribution in [2.45, 2.75) is 39.2 Å². The summed E-state index contributed by atoms with van der Waals surface area (Å²) in [6, 6.07) is 2.08. The molecule has 1 aromatic heterocycles. The summed E-state index contributed by atoms with van der Waals surface area (Å²) >= 11 is 0. The van der Waals surface area contributed by atoms with Gasteiger partial charge in [-0.3, -0.25) is 4.68 Å². The molecule has 3 nitrogen and oxygen atoms in total. The van der Waals surface area contributed by atoms with Crippen LogP contribution in [-0.4, -0.2) is 16.3 Å². The Morgan fingerprint density at radius 1 is 1.44 bits per heavy atom. The van der Waals surface area contributed by atoms with E-state index in [9.17, 15) is 0 Å². The van der Waals surface area contributed by atoms with E-state index in [1.54, 1.807) is 0 Å². The third kappa shape index (κ3) is 2.85. The predicted octanol–water partition coefficient (Wildman–Crippen LogP) is 2.34. The van der Waals surface area contributed by atoms with E-state index in [2.05, 4.69) is 23.4 Å². The summed E-state index contributed by atoms with van der Waals surface area (Å²) in [4.78, 5) is 0. The molecule has 0 aromatic carbocycles. The topological polar surface area (TPSA) is 29.9 Å². The van der Waals surface area contributed by atoms with Crippen LogP contribution >= 0.6 is 0 Å². The van der Waals surface area contributed by atoms with Gasteiger partial charge in [0.05, 0.1) is 5.69 Å². The lowest BCUT2D eigenvalue weighted by Crippen LogP contribution is -2.29. The molecule has 0 bridgehead atoms. The second-order valence-electron chi connectivity index (χ2n) is 5.10. The zero-order chi connectivity index (χ0) is 11.4. The average molecular weight is 221 g/mol. The predicted molar refractivity (Wildman–Crippen MR) is 66.0 cm³/mol. The van der Waals surface area contributed by atoms with Crippen LogP contribution < -0.4 is 5.32 Å². The summed E-state index contributed by atoms with van der Waals surface area (Å²) in [7, 11) is 2.00. The fraction of sp³-hybridized carbons (Fsp3) is 0.769. The second-order valence-corrected chi connectivity index (χ2v) is 5.10. The zero-order valence-corrected chi connectivity index (χ0v) is 10.4. The first-order chi connectivity index (χ1) is 7.77. The van der Waals surface area contributed by atoms with Gasteiger partial charge in [-0.25, -0.2) is 0 Å². The highest BCUT2D eigenvalue weighted by atomic mass is 15.3. The molecule has 1 aliphatic rings. The van der Waals surface area contributed by atoms with Crippen molar-refractivity contribution in [2.75, 3.05) is 6.54 Å². The first-order valence-electron chi connectivity index (χ1n) is 6.45. The summed E-state index contributed by atoms with van der Waals surface area (Å²) in [6.07, 6.45) is 7.53. The summed E-state index contributed by atoms with van der Waals surface area (Å²) in [6.45, 7) is 4.50. The largest absolute Gasteiger partial charge is 0.311 e. The third-order valence-corrected chi connectivity index (χ3v) is 3.92. The lowest BCUT2D eigenvalue weighted by molar-refractivity contribution is 0.247. The molecule has 1 heterocycles. The smallest absolute Gasteiger partial charge is 0.0518 e. The molecule has 2 rings (SSSR count). The molecule has 1 saturated carbocycles. The number of aryl methyl sites for hydroxylation is 1. The molecule has 3 heteroatoms. The lowest BCUT2D eigenvalue weighted by atomic mass is 9.80. The molecule has 0 saturated heterocycles. The van der Waals surface area contributed by atoms with Crippen molar-refractivity contribution in [1.29, 1.82) is 0 Å². The van der Waals surface area contributed by atoms with Crippen LogP contribution in [0.15, 0.2) is 12.3 Å². The van der Waals surface area contributed by atoms with E-state index in [4.69, 9.17) is 0 Å². The van der Waals surface area contributed by atoms with Gasteiger partial charge in [0.1, 0.15) is 0 Å². The van der Waals surface area contributed by atoms with E-state index in [-0.39, 0.29) is 0 Å². The van der Waals surface area contributed by atoms with E-state index in [0.717, 1.165) is 24.9 Å². The molecule has 2 unspecified atom stereocenters. The van der Waals surface area contributed by atoms with Crippen LogP contribution in [0.25, 0.3) is 0 Å². The van der Waals surface area contributed by atoms with E-state index < -0.39 is 0 Å². The van der Waals surface area contributed by atoms with Gasteiger partial charge < -0.3 is 5.32 Å². The minimum atomic E-state index is 0.877. The maximum atomic E-state index is 4.17. The fourth-order valence-electron chi connectivity index (χ4n) is 2.66. The van der Waals surface area contributed by atoms with Crippen LogP contribution in [0.2, 0.25) is 0 Å². The highest BCUT2D eigenvalue weighted by molar-refractivity contribution is 4.99. The van der Waals surface area contributed by atoms with Gasteiger partial charge in [0.15, 0.2) is 0 Å². The number of nitrogens with zero attached hydrogens (tertiary/aromatic N) is 2. The molecule has 1 fully saturated rings. The van der Waals surface area contributed by atoms with Crippen molar-refractivity contribution in [3.05, 3.63) is 18.0 Å². The molecule has 0 spiro atoms. The monoisotopic (exact) mass is 221 g/mol. The Morgan fingerprint density at radius 3 is 2.94 bits per heavy atom. The molecule has 1 N–H and O–H groups in total. The average Bonchev–Trinajstić information content (AvgIpc) is 2.67. The molecule has 90 valence electrons. The first kappa shape index (κ1) is 11.6. The Kier molecular flexibility index (Phi) is 3.99. The number of hydrogen-bond acceptors (Lipinski definition) is 2. The van der Waals surface area contributed by atoms with E-state index in [0.29, 0.717) is 0 Å².